The van der Waals surface area contributed by atoms with Gasteiger partial charge in [-0.1, -0.05) is 36.4 Å². The standard InChI is InChI=1S/C40H49N3O6/c1-46-36-16-31-11-12-43(22-32(31)17-37(36)47-2)23-34-18-35(29-5-3-25(24-44)4-6-29)49-38(48-34)30-7-9-33(10-8-30)41-39(45)42-40-19-26-13-27(20-40)15-28(14-26)21-40/h3-10,16-17,26-28,34-35,38,44H,11-15,18-24H2,1-2H3,(H2,41,42,45). The molecule has 9 rings (SSSR count). The fourth-order valence-electron chi connectivity index (χ4n) is 9.81. The Morgan fingerprint density at radius 1 is 0.857 bits per heavy atom. The molecule has 2 aliphatic heterocycles. The molecule has 4 aliphatic carbocycles. The molecule has 0 aromatic heterocycles. The maximum atomic E-state index is 13.2. The van der Waals surface area contributed by atoms with E-state index in [0.717, 1.165) is 96.9 Å². The zero-order valence-corrected chi connectivity index (χ0v) is 28.7. The summed E-state index contributed by atoms with van der Waals surface area (Å²) >= 11 is 0. The number of aliphatic hydroxyl groups excluding tert-OH is 1. The molecular formula is C40H49N3O6. The van der Waals surface area contributed by atoms with E-state index in [4.69, 9.17) is 18.9 Å². The largest absolute Gasteiger partial charge is 0.493 e. The van der Waals surface area contributed by atoms with Gasteiger partial charge >= 0.3 is 6.03 Å². The van der Waals surface area contributed by atoms with Crippen LogP contribution in [0.25, 0.3) is 0 Å². The minimum absolute atomic E-state index is 0.00814. The third kappa shape index (κ3) is 6.91. The second-order valence-corrected chi connectivity index (χ2v) is 15.2. The highest BCUT2D eigenvalue weighted by atomic mass is 16.7. The number of benzene rings is 3. The average molecular weight is 668 g/mol. The fourth-order valence-corrected chi connectivity index (χ4v) is 9.81. The van der Waals surface area contributed by atoms with Crippen molar-refractivity contribution in [2.24, 2.45) is 17.8 Å². The van der Waals surface area contributed by atoms with Crippen LogP contribution in [-0.4, -0.2) is 55.0 Å². The van der Waals surface area contributed by atoms with Crippen LogP contribution in [0.3, 0.4) is 0 Å². The normalized spacial score (nSPS) is 30.4. The molecule has 6 aliphatic rings. The van der Waals surface area contributed by atoms with Gasteiger partial charge in [0.15, 0.2) is 17.8 Å². The summed E-state index contributed by atoms with van der Waals surface area (Å²) < 4.78 is 24.4. The smallest absolute Gasteiger partial charge is 0.319 e. The van der Waals surface area contributed by atoms with Crippen LogP contribution in [0.2, 0.25) is 0 Å². The number of aliphatic hydroxyl groups is 1. The van der Waals surface area contributed by atoms with E-state index in [2.05, 4.69) is 27.7 Å². The van der Waals surface area contributed by atoms with Gasteiger partial charge in [-0.05, 0) is 109 Å². The van der Waals surface area contributed by atoms with Gasteiger partial charge in [-0.3, -0.25) is 4.90 Å². The molecule has 3 unspecified atom stereocenters. The van der Waals surface area contributed by atoms with Gasteiger partial charge in [-0.2, -0.15) is 0 Å². The Hall–Kier alpha value is -3.63. The van der Waals surface area contributed by atoms with Gasteiger partial charge in [0.25, 0.3) is 0 Å². The van der Waals surface area contributed by atoms with Crippen molar-refractivity contribution in [1.29, 1.82) is 0 Å². The van der Waals surface area contributed by atoms with E-state index < -0.39 is 6.29 Å². The molecule has 3 aromatic rings. The number of fused-ring (bicyclic) bond motifs is 1. The number of methoxy groups -OCH3 is 2. The minimum atomic E-state index is -0.558. The molecule has 3 N–H and O–H groups in total. The van der Waals surface area contributed by atoms with E-state index in [1.807, 2.05) is 48.5 Å². The lowest BCUT2D eigenvalue weighted by Crippen LogP contribution is -2.60. The SMILES string of the molecule is COc1cc2c(cc1OC)CN(CC1CC(c3ccc(CO)cc3)OC(c3ccc(NC(=O)NC45CC6CC(CC(C6)C4)C5)cc3)O1)CC2. The van der Waals surface area contributed by atoms with Crippen LogP contribution < -0.4 is 20.1 Å². The first-order valence-corrected chi connectivity index (χ1v) is 18.0. The molecule has 3 aromatic carbocycles. The van der Waals surface area contributed by atoms with Crippen molar-refractivity contribution < 1.29 is 28.8 Å². The summed E-state index contributed by atoms with van der Waals surface area (Å²) in [4.78, 5) is 15.6. The van der Waals surface area contributed by atoms with Gasteiger partial charge in [-0.25, -0.2) is 4.79 Å². The molecule has 1 saturated heterocycles. The summed E-state index contributed by atoms with van der Waals surface area (Å²) in [6, 6.07) is 20.0. The Morgan fingerprint density at radius 3 is 2.12 bits per heavy atom. The Bertz CT molecular complexity index is 1610. The number of carbonyl (C=O) groups is 1. The summed E-state index contributed by atoms with van der Waals surface area (Å²) in [5.41, 5.74) is 6.12. The highest BCUT2D eigenvalue weighted by Crippen LogP contribution is 2.55. The summed E-state index contributed by atoms with van der Waals surface area (Å²) in [6.45, 7) is 2.51. The molecule has 49 heavy (non-hydrogen) atoms. The van der Waals surface area contributed by atoms with Crippen LogP contribution in [0.1, 0.15) is 85.2 Å². The third-order valence-corrected chi connectivity index (χ3v) is 11.7. The molecule has 2 heterocycles. The molecule has 4 bridgehead atoms. The quantitative estimate of drug-likeness (QED) is 0.229. The maximum absolute atomic E-state index is 13.2. The van der Waals surface area contributed by atoms with Gasteiger partial charge < -0.3 is 34.7 Å². The Kier molecular flexibility index (Phi) is 9.03. The zero-order valence-electron chi connectivity index (χ0n) is 28.7. The summed E-state index contributed by atoms with van der Waals surface area (Å²) in [6.07, 6.45) is 8.28. The van der Waals surface area contributed by atoms with Crippen LogP contribution in [0, 0.1) is 17.8 Å². The molecule has 9 nitrogen and oxygen atoms in total. The van der Waals surface area contributed by atoms with Gasteiger partial charge in [-0.15, -0.1) is 0 Å². The second-order valence-electron chi connectivity index (χ2n) is 15.2. The number of nitrogens with one attached hydrogen (secondary N) is 2. The van der Waals surface area contributed by atoms with Crippen molar-refractivity contribution in [2.75, 3.05) is 32.6 Å². The molecule has 9 heteroatoms. The van der Waals surface area contributed by atoms with Crippen LogP contribution in [-0.2, 0) is 29.0 Å². The highest BCUT2D eigenvalue weighted by molar-refractivity contribution is 5.89. The Balaban J connectivity index is 0.952. The predicted octanol–water partition coefficient (Wildman–Crippen LogP) is 6.89. The number of rotatable bonds is 9. The van der Waals surface area contributed by atoms with E-state index in [1.165, 1.54) is 30.4 Å². The molecule has 0 spiro atoms. The molecule has 4 saturated carbocycles. The van der Waals surface area contributed by atoms with Crippen LogP contribution >= 0.6 is 0 Å². The summed E-state index contributed by atoms with van der Waals surface area (Å²) in [5.74, 6) is 3.85. The van der Waals surface area contributed by atoms with Gasteiger partial charge in [0.05, 0.1) is 33.0 Å². The maximum Gasteiger partial charge on any atom is 0.319 e. The molecule has 0 radical (unpaired) electrons. The number of urea groups is 1. The Morgan fingerprint density at radius 2 is 1.49 bits per heavy atom. The number of carbonyl (C=O) groups excluding carboxylic acids is 1. The monoisotopic (exact) mass is 667 g/mol. The van der Waals surface area contributed by atoms with E-state index in [9.17, 15) is 9.90 Å². The molecule has 260 valence electrons. The van der Waals surface area contributed by atoms with E-state index >= 15 is 0 Å². The van der Waals surface area contributed by atoms with Crippen molar-refractivity contribution in [2.45, 2.75) is 88.6 Å². The van der Waals surface area contributed by atoms with Crippen molar-refractivity contribution in [3.05, 3.63) is 88.5 Å². The number of nitrogens with zero attached hydrogens (tertiary/aromatic N) is 1. The average Bonchev–Trinajstić information content (AvgIpc) is 3.10. The topological polar surface area (TPSA) is 102 Å². The number of anilines is 1. The van der Waals surface area contributed by atoms with Crippen molar-refractivity contribution in [3.8, 4) is 11.5 Å². The lowest BCUT2D eigenvalue weighted by molar-refractivity contribution is -0.253. The van der Waals surface area contributed by atoms with Crippen LogP contribution in [0.5, 0.6) is 11.5 Å². The molecule has 5 fully saturated rings. The number of hydrogen-bond donors (Lipinski definition) is 3. The van der Waals surface area contributed by atoms with E-state index in [0.29, 0.717) is 6.42 Å². The highest BCUT2D eigenvalue weighted by Gasteiger charge is 2.51. The first-order valence-electron chi connectivity index (χ1n) is 18.0. The number of amides is 2. The number of hydrogen-bond acceptors (Lipinski definition) is 7. The third-order valence-electron chi connectivity index (χ3n) is 11.7. The molecule has 3 atom stereocenters. The van der Waals surface area contributed by atoms with Crippen molar-refractivity contribution >= 4 is 11.7 Å². The van der Waals surface area contributed by atoms with E-state index in [1.54, 1.807) is 14.2 Å². The second kappa shape index (κ2) is 13.6. The predicted molar refractivity (Wildman–Crippen MR) is 186 cm³/mol. The van der Waals surface area contributed by atoms with Crippen molar-refractivity contribution in [3.63, 3.8) is 0 Å². The van der Waals surface area contributed by atoms with Gasteiger partial charge in [0.1, 0.15) is 0 Å². The van der Waals surface area contributed by atoms with E-state index in [-0.39, 0.29) is 30.4 Å². The first kappa shape index (κ1) is 32.6. The minimum Gasteiger partial charge on any atom is -0.493 e. The fraction of sp³-hybridized carbons (Fsp3) is 0.525. The molecular weight excluding hydrogens is 618 g/mol. The first-order chi connectivity index (χ1) is 23.9. The van der Waals surface area contributed by atoms with Crippen LogP contribution in [0.4, 0.5) is 10.5 Å². The number of ether oxygens (including phenoxy) is 4. The van der Waals surface area contributed by atoms with Gasteiger partial charge in [0, 0.05) is 42.8 Å². The lowest BCUT2D eigenvalue weighted by atomic mass is 9.53. The lowest BCUT2D eigenvalue weighted by Gasteiger charge is -2.56. The van der Waals surface area contributed by atoms with Crippen LogP contribution in [0.15, 0.2) is 60.7 Å². The summed E-state index contributed by atoms with van der Waals surface area (Å²) in [5, 5.41) is 16.1. The zero-order chi connectivity index (χ0) is 33.5. The van der Waals surface area contributed by atoms with Gasteiger partial charge in [0.2, 0.25) is 0 Å². The Labute approximate surface area is 289 Å². The summed E-state index contributed by atoms with van der Waals surface area (Å²) in [7, 11) is 3.35. The molecule has 2 amide bonds. The van der Waals surface area contributed by atoms with Crippen molar-refractivity contribution in [1.82, 2.24) is 10.2 Å².